The van der Waals surface area contributed by atoms with Crippen LogP contribution >= 0.6 is 11.8 Å². The number of aromatic nitrogens is 3. The molecule has 3 aromatic rings. The molecule has 1 amide bonds. The van der Waals surface area contributed by atoms with Crippen LogP contribution in [0.3, 0.4) is 0 Å². The molecule has 2 aromatic carbocycles. The number of carbonyl (C=O) groups is 1. The van der Waals surface area contributed by atoms with Gasteiger partial charge >= 0.3 is 0 Å². The first-order valence-corrected chi connectivity index (χ1v) is 12.2. The molecule has 0 N–H and O–H groups in total. The van der Waals surface area contributed by atoms with Crippen LogP contribution in [0.5, 0.6) is 11.6 Å². The molecule has 1 aliphatic heterocycles. The van der Waals surface area contributed by atoms with Crippen molar-refractivity contribution in [1.82, 2.24) is 10.1 Å². The maximum Gasteiger partial charge on any atom is 0.293 e. The third-order valence-corrected chi connectivity index (χ3v) is 6.26. The highest BCUT2D eigenvalue weighted by Crippen LogP contribution is 2.41. The van der Waals surface area contributed by atoms with Gasteiger partial charge in [0.25, 0.3) is 17.0 Å². The molecule has 7 nitrogen and oxygen atoms in total. The number of thioether (sulfide) groups is 1. The number of fused-ring (bicyclic) bond motifs is 3. The van der Waals surface area contributed by atoms with Crippen LogP contribution in [0.25, 0.3) is 11.3 Å². The maximum absolute atomic E-state index is 13.2. The van der Waals surface area contributed by atoms with Gasteiger partial charge in [0.05, 0.1) is 23.2 Å². The number of benzene rings is 2. The van der Waals surface area contributed by atoms with Gasteiger partial charge in [-0.15, -0.1) is 0 Å². The molecule has 2 heterocycles. The molecule has 0 aliphatic carbocycles. The summed E-state index contributed by atoms with van der Waals surface area (Å²) >= 11 is 1.46. The highest BCUT2D eigenvalue weighted by atomic mass is 32.2. The van der Waals surface area contributed by atoms with Crippen molar-refractivity contribution in [2.45, 2.75) is 58.0 Å². The molecular weight excluding hydrogens is 436 g/mol. The fourth-order valence-electron chi connectivity index (χ4n) is 3.93. The van der Waals surface area contributed by atoms with Crippen LogP contribution < -0.4 is 19.4 Å². The van der Waals surface area contributed by atoms with Crippen molar-refractivity contribution < 1.29 is 19.3 Å². The number of ether oxygens (including phenoxy) is 1. The Kier molecular flexibility index (Phi) is 6.83. The number of nitrogens with zero attached hydrogens (tertiary/aromatic N) is 4. The lowest BCUT2D eigenvalue weighted by molar-refractivity contribution is -0.764. The van der Waals surface area contributed by atoms with Crippen LogP contribution in [0.2, 0.25) is 0 Å². The van der Waals surface area contributed by atoms with Crippen LogP contribution in [0.1, 0.15) is 52.3 Å². The number of hydrogen-bond acceptors (Lipinski definition) is 6. The van der Waals surface area contributed by atoms with E-state index >= 15 is 0 Å². The normalized spacial score (nSPS) is 14.7. The van der Waals surface area contributed by atoms with Gasteiger partial charge in [0, 0.05) is 23.3 Å². The van der Waals surface area contributed by atoms with Crippen LogP contribution in [0, 0.1) is 0 Å². The topological polar surface area (TPSA) is 82.3 Å². The molecule has 0 bridgehead atoms. The van der Waals surface area contributed by atoms with Gasteiger partial charge in [-0.25, -0.2) is 9.88 Å². The second kappa shape index (κ2) is 9.79. The quantitative estimate of drug-likeness (QED) is 0.297. The summed E-state index contributed by atoms with van der Waals surface area (Å²) in [6.07, 6.45) is 1.50. The maximum atomic E-state index is 13.2. The van der Waals surface area contributed by atoms with Crippen molar-refractivity contribution in [3.8, 4) is 22.9 Å². The first-order valence-electron chi connectivity index (χ1n) is 11.2. The van der Waals surface area contributed by atoms with E-state index < -0.39 is 6.17 Å². The number of unbranched alkanes of at least 4 members (excludes halogenated alkanes) is 1. The van der Waals surface area contributed by atoms with Crippen LogP contribution in [-0.2, 0) is 4.79 Å². The molecular formula is C25H28N4O3S. The molecule has 0 radical (unpaired) electrons. The molecule has 0 spiro atoms. The van der Waals surface area contributed by atoms with E-state index in [1.807, 2.05) is 62.4 Å². The fraction of sp³-hybridized carbons (Fsp3) is 0.360. The molecule has 0 saturated heterocycles. The number of carbonyl (C=O) groups excluding carboxylic acids is 1. The number of hydrogen-bond donors (Lipinski definition) is 0. The summed E-state index contributed by atoms with van der Waals surface area (Å²) in [7, 11) is 0. The highest BCUT2D eigenvalue weighted by molar-refractivity contribution is 7.99. The predicted molar refractivity (Wildman–Crippen MR) is 126 cm³/mol. The molecule has 1 aliphatic rings. The Morgan fingerprint density at radius 3 is 2.61 bits per heavy atom. The summed E-state index contributed by atoms with van der Waals surface area (Å²) in [5, 5.41) is 18.4. The lowest BCUT2D eigenvalue weighted by atomic mass is 10.0. The summed E-state index contributed by atoms with van der Waals surface area (Å²) in [6, 6.07) is 15.0. The van der Waals surface area contributed by atoms with Gasteiger partial charge in [0.1, 0.15) is 5.75 Å². The molecule has 1 aromatic heterocycles. The van der Waals surface area contributed by atoms with E-state index in [-0.39, 0.29) is 17.9 Å². The highest BCUT2D eigenvalue weighted by Gasteiger charge is 2.43. The molecule has 33 heavy (non-hydrogen) atoms. The van der Waals surface area contributed by atoms with E-state index in [4.69, 9.17) is 9.84 Å². The Hall–Kier alpha value is -3.13. The Morgan fingerprint density at radius 1 is 1.21 bits per heavy atom. The van der Waals surface area contributed by atoms with Crippen molar-refractivity contribution in [2.24, 2.45) is 0 Å². The van der Waals surface area contributed by atoms with Crippen molar-refractivity contribution in [1.29, 1.82) is 0 Å². The minimum absolute atomic E-state index is 0.0553. The monoisotopic (exact) mass is 464 g/mol. The van der Waals surface area contributed by atoms with E-state index in [9.17, 15) is 9.90 Å². The first-order chi connectivity index (χ1) is 15.9. The average Bonchev–Trinajstić information content (AvgIpc) is 2.78. The van der Waals surface area contributed by atoms with Gasteiger partial charge in [-0.1, -0.05) is 41.9 Å². The van der Waals surface area contributed by atoms with E-state index in [1.54, 1.807) is 9.58 Å². The zero-order chi connectivity index (χ0) is 23.5. The standard InChI is InChI=1S/C25H28N4O3S/c1-5-6-15-33-25-26-23(31)22-20-9-7-8-10-21(20)28(17(4)30)24(29(22)27-25)18-11-13-19(14-12-18)32-16(2)3/h7-14,16,24H,5-6,15H2,1-4H3. The average molecular weight is 465 g/mol. The van der Waals surface area contributed by atoms with E-state index in [2.05, 4.69) is 11.9 Å². The van der Waals surface area contributed by atoms with Crippen molar-refractivity contribution >= 4 is 23.4 Å². The van der Waals surface area contributed by atoms with E-state index in [0.717, 1.165) is 29.9 Å². The summed E-state index contributed by atoms with van der Waals surface area (Å²) in [6.45, 7) is 7.59. The SMILES string of the molecule is CCCCSc1nc([O-])c2[n+](n1)C(c1ccc(OC(C)C)cc1)N(C(C)=O)c1ccccc1-2. The molecule has 1 unspecified atom stereocenters. The lowest BCUT2D eigenvalue weighted by Gasteiger charge is -2.32. The van der Waals surface area contributed by atoms with Crippen molar-refractivity contribution in [3.63, 3.8) is 0 Å². The van der Waals surface area contributed by atoms with Gasteiger partial charge in [-0.2, -0.15) is 0 Å². The summed E-state index contributed by atoms with van der Waals surface area (Å²) < 4.78 is 7.44. The second-order valence-electron chi connectivity index (χ2n) is 8.21. The predicted octanol–water partition coefficient (Wildman–Crippen LogP) is 4.10. The molecule has 1 atom stereocenters. The zero-order valence-corrected chi connectivity index (χ0v) is 20.1. The Morgan fingerprint density at radius 2 is 1.94 bits per heavy atom. The van der Waals surface area contributed by atoms with Gasteiger partial charge in [0.2, 0.25) is 5.91 Å². The lowest BCUT2D eigenvalue weighted by Crippen LogP contribution is -2.58. The fourth-order valence-corrected chi connectivity index (χ4v) is 4.84. The van der Waals surface area contributed by atoms with Gasteiger partial charge in [0.15, 0.2) is 0 Å². The molecule has 172 valence electrons. The third-order valence-electron chi connectivity index (χ3n) is 5.34. The number of rotatable bonds is 7. The van der Waals surface area contributed by atoms with Crippen LogP contribution in [0.4, 0.5) is 5.69 Å². The Bertz CT molecular complexity index is 1150. The van der Waals surface area contributed by atoms with Crippen LogP contribution in [-0.4, -0.2) is 27.8 Å². The minimum Gasteiger partial charge on any atom is -0.854 e. The van der Waals surface area contributed by atoms with Gasteiger partial charge < -0.3 is 9.84 Å². The third kappa shape index (κ3) is 4.66. The number of amides is 1. The van der Waals surface area contributed by atoms with Gasteiger partial charge in [-0.05, 0) is 56.7 Å². The minimum atomic E-state index is -0.610. The van der Waals surface area contributed by atoms with E-state index in [0.29, 0.717) is 22.1 Å². The Labute approximate surface area is 198 Å². The largest absolute Gasteiger partial charge is 0.854 e. The van der Waals surface area contributed by atoms with E-state index in [1.165, 1.54) is 18.7 Å². The van der Waals surface area contributed by atoms with Crippen molar-refractivity contribution in [2.75, 3.05) is 10.7 Å². The summed E-state index contributed by atoms with van der Waals surface area (Å²) in [5.74, 6) is 1.09. The number of para-hydroxylation sites is 1. The molecule has 0 saturated carbocycles. The first kappa shape index (κ1) is 23.0. The van der Waals surface area contributed by atoms with Gasteiger partial charge in [-0.3, -0.25) is 4.79 Å². The number of anilines is 1. The summed E-state index contributed by atoms with van der Waals surface area (Å²) in [4.78, 5) is 18.9. The van der Waals surface area contributed by atoms with Crippen LogP contribution in [0.15, 0.2) is 53.7 Å². The van der Waals surface area contributed by atoms with Crippen molar-refractivity contribution in [3.05, 3.63) is 54.1 Å². The molecule has 0 fully saturated rings. The zero-order valence-electron chi connectivity index (χ0n) is 19.3. The second-order valence-corrected chi connectivity index (χ2v) is 9.27. The summed E-state index contributed by atoms with van der Waals surface area (Å²) in [5.41, 5.74) is 2.53. The smallest absolute Gasteiger partial charge is 0.293 e. The Balaban J connectivity index is 1.88. The molecule has 8 heteroatoms. The molecule has 4 rings (SSSR count).